The number of carbonyl (C=O) groups is 2. The third kappa shape index (κ3) is 5.66. The van der Waals surface area contributed by atoms with Crippen molar-refractivity contribution in [2.75, 3.05) is 7.11 Å². The van der Waals surface area contributed by atoms with E-state index < -0.39 is 19.1 Å². The van der Waals surface area contributed by atoms with Crippen molar-refractivity contribution in [3.05, 3.63) is 108 Å². The van der Waals surface area contributed by atoms with Gasteiger partial charge in [-0.3, -0.25) is 14.6 Å². The van der Waals surface area contributed by atoms with E-state index in [9.17, 15) is 9.59 Å². The average molecular weight is 565 g/mol. The van der Waals surface area contributed by atoms with Crippen LogP contribution in [-0.4, -0.2) is 42.6 Å². The van der Waals surface area contributed by atoms with Crippen LogP contribution in [0.15, 0.2) is 91.0 Å². The van der Waals surface area contributed by atoms with Crippen molar-refractivity contribution in [2.45, 2.75) is 56.6 Å². The molecule has 1 aliphatic heterocycles. The summed E-state index contributed by atoms with van der Waals surface area (Å²) < 4.78 is 18.5. The van der Waals surface area contributed by atoms with Crippen LogP contribution in [0.1, 0.15) is 60.1 Å². The molecule has 2 aromatic carbocycles. The van der Waals surface area contributed by atoms with Gasteiger partial charge in [0.05, 0.1) is 42.4 Å². The Morgan fingerprint density at radius 2 is 1.98 bits per heavy atom. The zero-order valence-corrected chi connectivity index (χ0v) is 24.0. The van der Waals surface area contributed by atoms with Gasteiger partial charge >= 0.3 is 7.12 Å². The minimum absolute atomic E-state index is 0.0191. The predicted molar refractivity (Wildman–Crippen MR) is 159 cm³/mol. The molecule has 5 atom stereocenters. The van der Waals surface area contributed by atoms with Crippen molar-refractivity contribution in [1.29, 1.82) is 0 Å². The topological polar surface area (TPSA) is 98.8 Å². The molecule has 3 aliphatic rings. The van der Waals surface area contributed by atoms with Crippen LogP contribution in [0.3, 0.4) is 0 Å². The van der Waals surface area contributed by atoms with Gasteiger partial charge in [-0.05, 0) is 66.1 Å². The normalized spacial score (nSPS) is 23.4. The molecule has 3 unspecified atom stereocenters. The van der Waals surface area contributed by atoms with Crippen LogP contribution in [0.4, 0.5) is 0 Å². The lowest BCUT2D eigenvalue weighted by Crippen LogP contribution is -2.61. The van der Waals surface area contributed by atoms with Gasteiger partial charge in [-0.2, -0.15) is 0 Å². The van der Waals surface area contributed by atoms with Crippen LogP contribution in [0.25, 0.3) is 0 Å². The lowest BCUT2D eigenvalue weighted by molar-refractivity contribution is -0.122. The summed E-state index contributed by atoms with van der Waals surface area (Å²) in [6.45, 7) is 2.21. The number of benzene rings is 2. The molecular formula is C33H36BN3O5. The predicted octanol–water partition coefficient (Wildman–Crippen LogP) is 4.83. The van der Waals surface area contributed by atoms with Crippen molar-refractivity contribution < 1.29 is 23.6 Å². The first kappa shape index (κ1) is 28.0. The monoisotopic (exact) mass is 565 g/mol. The quantitative estimate of drug-likeness (QED) is 0.324. The van der Waals surface area contributed by atoms with Crippen LogP contribution in [-0.2, 0) is 20.5 Å². The number of hydrogen-bond donors (Lipinski definition) is 2. The van der Waals surface area contributed by atoms with E-state index in [1.807, 2.05) is 54.6 Å². The van der Waals surface area contributed by atoms with Gasteiger partial charge in [0, 0.05) is 18.8 Å². The van der Waals surface area contributed by atoms with Gasteiger partial charge in [0.15, 0.2) is 0 Å². The smallest absolute Gasteiger partial charge is 0.538 e. The summed E-state index contributed by atoms with van der Waals surface area (Å²) in [5.41, 5.74) is 1.95. The maximum atomic E-state index is 13.8. The maximum absolute atomic E-state index is 13.8. The molecule has 6 rings (SSSR count). The van der Waals surface area contributed by atoms with Gasteiger partial charge in [-0.15, -0.1) is 0 Å². The number of allylic oxidation sites excluding steroid dienone is 1. The summed E-state index contributed by atoms with van der Waals surface area (Å²) in [5.74, 6) is 1.56. The van der Waals surface area contributed by atoms with Gasteiger partial charge in [0.2, 0.25) is 5.91 Å². The minimum atomic E-state index is -0.603. The van der Waals surface area contributed by atoms with Crippen molar-refractivity contribution in [3.63, 3.8) is 0 Å². The molecular weight excluding hydrogens is 529 g/mol. The highest BCUT2D eigenvalue weighted by molar-refractivity contribution is 6.48. The van der Waals surface area contributed by atoms with E-state index in [0.29, 0.717) is 29.6 Å². The Morgan fingerprint density at radius 1 is 1.12 bits per heavy atom. The SMILES string of the molecule is CCC1CC2CC3=C[C@]12OB([C@H](Cc1ccccc1)NC(=O)CC(NC(=O)c1cccnc1)c1cccc(OC)c1)O3. The first-order valence-corrected chi connectivity index (χ1v) is 14.7. The zero-order valence-electron chi connectivity index (χ0n) is 24.0. The lowest BCUT2D eigenvalue weighted by atomic mass is 9.59. The third-order valence-corrected chi connectivity index (χ3v) is 8.85. The van der Waals surface area contributed by atoms with Crippen molar-refractivity contribution in [1.82, 2.24) is 15.6 Å². The summed E-state index contributed by atoms with van der Waals surface area (Å²) in [5, 5.41) is 6.25. The number of ether oxygens (including phenoxy) is 1. The van der Waals surface area contributed by atoms with E-state index in [2.05, 4.69) is 28.6 Å². The van der Waals surface area contributed by atoms with E-state index in [1.165, 1.54) is 6.20 Å². The molecule has 2 bridgehead atoms. The molecule has 2 aliphatic carbocycles. The fraction of sp³-hybridized carbons (Fsp3) is 0.364. The summed E-state index contributed by atoms with van der Waals surface area (Å²) in [6, 6.07) is 20.2. The fourth-order valence-corrected chi connectivity index (χ4v) is 6.63. The molecule has 1 aromatic heterocycles. The zero-order chi connectivity index (χ0) is 29.1. The maximum Gasteiger partial charge on any atom is 0.550 e. The molecule has 1 fully saturated rings. The van der Waals surface area contributed by atoms with Gasteiger partial charge in [0.25, 0.3) is 5.91 Å². The number of methoxy groups -OCH3 is 1. The van der Waals surface area contributed by atoms with E-state index in [4.69, 9.17) is 14.0 Å². The number of hydrogen-bond acceptors (Lipinski definition) is 6. The van der Waals surface area contributed by atoms with E-state index >= 15 is 0 Å². The number of nitrogens with one attached hydrogen (secondary N) is 2. The summed E-state index contributed by atoms with van der Waals surface area (Å²) >= 11 is 0. The lowest BCUT2D eigenvalue weighted by Gasteiger charge is -2.52. The molecule has 0 saturated heterocycles. The Balaban J connectivity index is 1.23. The molecule has 2 N–H and O–H groups in total. The Labute approximate surface area is 247 Å². The largest absolute Gasteiger partial charge is 0.550 e. The second-order valence-corrected chi connectivity index (χ2v) is 11.4. The van der Waals surface area contributed by atoms with E-state index in [-0.39, 0.29) is 23.8 Å². The second-order valence-electron chi connectivity index (χ2n) is 11.4. The van der Waals surface area contributed by atoms with Crippen molar-refractivity contribution >= 4 is 18.9 Å². The average Bonchev–Trinajstić information content (AvgIpc) is 3.22. The fourth-order valence-electron chi connectivity index (χ4n) is 6.63. The van der Waals surface area contributed by atoms with Crippen LogP contribution in [0, 0.1) is 11.8 Å². The Hall–Kier alpha value is -4.11. The first-order chi connectivity index (χ1) is 20.5. The third-order valence-electron chi connectivity index (χ3n) is 8.85. The van der Waals surface area contributed by atoms with Gasteiger partial charge in [-0.1, -0.05) is 55.8 Å². The molecule has 216 valence electrons. The summed E-state index contributed by atoms with van der Waals surface area (Å²) in [4.78, 5) is 31.0. The molecule has 2 amide bonds. The van der Waals surface area contributed by atoms with E-state index in [0.717, 1.165) is 36.1 Å². The highest BCUT2D eigenvalue weighted by atomic mass is 16.6. The molecule has 1 spiro atoms. The van der Waals surface area contributed by atoms with Crippen LogP contribution in [0.5, 0.6) is 5.75 Å². The molecule has 1 saturated carbocycles. The number of nitrogens with zero attached hydrogens (tertiary/aromatic N) is 1. The van der Waals surface area contributed by atoms with Crippen molar-refractivity contribution in [3.8, 4) is 5.75 Å². The van der Waals surface area contributed by atoms with Crippen molar-refractivity contribution in [2.24, 2.45) is 11.8 Å². The van der Waals surface area contributed by atoms with Crippen LogP contribution < -0.4 is 15.4 Å². The number of pyridine rings is 1. The number of aromatic nitrogens is 1. The molecule has 3 aromatic rings. The minimum Gasteiger partial charge on any atom is -0.538 e. The standard InChI is InChI=1S/C33H36BN3O5/c1-3-25-17-26-18-28-20-33(25,26)42-34(41-28)30(15-22-9-5-4-6-10-22)37-31(38)19-29(23-11-7-13-27(16-23)40-2)36-32(39)24-12-8-14-35-21-24/h4-14,16,20-21,25-26,29-30H,3,15,17-19H2,1-2H3,(H,36,39)(H,37,38)/t25?,26?,29?,30-,33-/m0/s1. The van der Waals surface area contributed by atoms with Gasteiger partial charge in [-0.25, -0.2) is 0 Å². The summed E-state index contributed by atoms with van der Waals surface area (Å²) in [7, 11) is 0.986. The Bertz CT molecular complexity index is 1450. The Kier molecular flexibility index (Phi) is 8.02. The first-order valence-electron chi connectivity index (χ1n) is 14.7. The highest BCUT2D eigenvalue weighted by Gasteiger charge is 2.62. The van der Waals surface area contributed by atoms with Crippen LogP contribution in [0.2, 0.25) is 0 Å². The molecule has 8 nitrogen and oxygen atoms in total. The van der Waals surface area contributed by atoms with Gasteiger partial charge < -0.3 is 24.7 Å². The van der Waals surface area contributed by atoms with E-state index in [1.54, 1.807) is 25.4 Å². The number of amides is 2. The molecule has 42 heavy (non-hydrogen) atoms. The second kappa shape index (κ2) is 12.0. The Morgan fingerprint density at radius 3 is 2.74 bits per heavy atom. The molecule has 2 heterocycles. The molecule has 0 radical (unpaired) electrons. The summed E-state index contributed by atoms with van der Waals surface area (Å²) in [6.07, 6.45) is 8.94. The van der Waals surface area contributed by atoms with Crippen LogP contribution >= 0.6 is 0 Å². The van der Waals surface area contributed by atoms with Gasteiger partial charge in [0.1, 0.15) is 5.75 Å². The molecule has 9 heteroatoms. The highest BCUT2D eigenvalue weighted by Crippen LogP contribution is 2.59. The number of carbonyl (C=O) groups excluding carboxylic acids is 2. The number of rotatable bonds is 11.